The van der Waals surface area contributed by atoms with E-state index < -0.39 is 6.17 Å². The molecule has 7 N–H and O–H groups in total. The van der Waals surface area contributed by atoms with Crippen molar-refractivity contribution in [1.82, 2.24) is 16.8 Å². The largest absolute Gasteiger partial charge is 0.353 e. The molecule has 0 aliphatic rings. The maximum Gasteiger partial charge on any atom is 0.218 e. The highest BCUT2D eigenvalue weighted by molar-refractivity contribution is 5.74. The van der Waals surface area contributed by atoms with Gasteiger partial charge >= 0.3 is 0 Å². The second kappa shape index (κ2) is 6.56. The molecule has 0 aromatic carbocycles. The van der Waals surface area contributed by atoms with E-state index in [9.17, 15) is 9.59 Å². The Bertz CT molecular complexity index is 160. The summed E-state index contributed by atoms with van der Waals surface area (Å²) in [6, 6.07) is 0. The second-order valence-electron chi connectivity index (χ2n) is 2.24. The van der Waals surface area contributed by atoms with Crippen molar-refractivity contribution in [3.8, 4) is 0 Å². The van der Waals surface area contributed by atoms with Crippen molar-refractivity contribution in [1.29, 1.82) is 0 Å². The molecule has 0 saturated heterocycles. The molecule has 0 aliphatic carbocycles. The minimum atomic E-state index is -0.503. The minimum absolute atomic E-state index is 0. The highest BCUT2D eigenvalue weighted by atomic mass is 16.2. The molecule has 0 radical (unpaired) electrons. The van der Waals surface area contributed by atoms with E-state index in [1.807, 2.05) is 0 Å². The van der Waals surface area contributed by atoms with Crippen molar-refractivity contribution < 1.29 is 9.59 Å². The SMILES string of the molecule is CC(=O)NCC(N)NC(C)=O.N. The van der Waals surface area contributed by atoms with Crippen molar-refractivity contribution >= 4 is 11.8 Å². The van der Waals surface area contributed by atoms with Gasteiger partial charge in [0, 0.05) is 13.8 Å². The zero-order valence-corrected chi connectivity index (χ0v) is 7.39. The predicted octanol–water partition coefficient (Wildman–Crippen LogP) is -1.29. The first-order valence-corrected chi connectivity index (χ1v) is 3.29. The molecule has 0 bridgehead atoms. The molecular weight excluding hydrogens is 160 g/mol. The van der Waals surface area contributed by atoms with Crippen LogP contribution in [0, 0.1) is 0 Å². The molecule has 0 spiro atoms. The highest BCUT2D eigenvalue weighted by Crippen LogP contribution is 1.70. The van der Waals surface area contributed by atoms with Crippen LogP contribution in [0.3, 0.4) is 0 Å². The topological polar surface area (TPSA) is 119 Å². The van der Waals surface area contributed by atoms with Crippen LogP contribution in [0.2, 0.25) is 0 Å². The molecule has 2 amide bonds. The Morgan fingerprint density at radius 2 is 1.83 bits per heavy atom. The van der Waals surface area contributed by atoms with Crippen LogP contribution >= 0.6 is 0 Å². The molecule has 1 unspecified atom stereocenters. The highest BCUT2D eigenvalue weighted by Gasteiger charge is 2.02. The number of hydrogen-bond acceptors (Lipinski definition) is 4. The third-order valence-corrected chi connectivity index (χ3v) is 0.960. The zero-order valence-electron chi connectivity index (χ0n) is 7.39. The maximum atomic E-state index is 10.4. The van der Waals surface area contributed by atoms with Crippen LogP contribution in [-0.4, -0.2) is 24.5 Å². The molecule has 0 aromatic heterocycles. The Morgan fingerprint density at radius 1 is 1.33 bits per heavy atom. The van der Waals surface area contributed by atoms with Gasteiger partial charge in [-0.1, -0.05) is 0 Å². The van der Waals surface area contributed by atoms with Gasteiger partial charge in [-0.25, -0.2) is 0 Å². The molecule has 6 heteroatoms. The Kier molecular flexibility index (Phi) is 7.36. The van der Waals surface area contributed by atoms with Crippen LogP contribution in [0.25, 0.3) is 0 Å². The van der Waals surface area contributed by atoms with Crippen LogP contribution in [0.4, 0.5) is 0 Å². The Hall–Kier alpha value is -1.14. The fourth-order valence-electron chi connectivity index (χ4n) is 0.566. The summed E-state index contributed by atoms with van der Waals surface area (Å²) in [5, 5.41) is 4.89. The van der Waals surface area contributed by atoms with Gasteiger partial charge < -0.3 is 22.5 Å². The molecule has 0 saturated carbocycles. The first-order chi connectivity index (χ1) is 5.02. The number of amides is 2. The van der Waals surface area contributed by atoms with Crippen molar-refractivity contribution in [2.24, 2.45) is 5.73 Å². The molecule has 1 atom stereocenters. The number of carbonyl (C=O) groups excluding carboxylic acids is 2. The van der Waals surface area contributed by atoms with Crippen molar-refractivity contribution in [3.63, 3.8) is 0 Å². The molecule has 0 aliphatic heterocycles. The Morgan fingerprint density at radius 3 is 2.17 bits per heavy atom. The Labute approximate surface area is 71.5 Å². The number of nitrogens with one attached hydrogen (secondary N) is 2. The number of rotatable bonds is 3. The lowest BCUT2D eigenvalue weighted by Gasteiger charge is -2.11. The average molecular weight is 176 g/mol. The quantitative estimate of drug-likeness (QED) is 0.400. The summed E-state index contributed by atoms with van der Waals surface area (Å²) in [4.78, 5) is 20.7. The fourth-order valence-corrected chi connectivity index (χ4v) is 0.566. The number of hydrogen-bond donors (Lipinski definition) is 4. The van der Waals surface area contributed by atoms with Crippen LogP contribution in [-0.2, 0) is 9.59 Å². The van der Waals surface area contributed by atoms with Gasteiger partial charge in [-0.2, -0.15) is 0 Å². The normalized spacial score (nSPS) is 10.9. The third kappa shape index (κ3) is 8.86. The van der Waals surface area contributed by atoms with E-state index in [2.05, 4.69) is 10.6 Å². The van der Waals surface area contributed by atoms with Gasteiger partial charge in [0.15, 0.2) is 0 Å². The van der Waals surface area contributed by atoms with Gasteiger partial charge in [0.2, 0.25) is 11.8 Å². The molecule has 6 nitrogen and oxygen atoms in total. The summed E-state index contributed by atoms with van der Waals surface area (Å²) in [7, 11) is 0. The molecule has 0 fully saturated rings. The second-order valence-corrected chi connectivity index (χ2v) is 2.24. The lowest BCUT2D eigenvalue weighted by atomic mass is 10.4. The van der Waals surface area contributed by atoms with E-state index in [1.54, 1.807) is 0 Å². The van der Waals surface area contributed by atoms with Crippen LogP contribution in [0.15, 0.2) is 0 Å². The van der Waals surface area contributed by atoms with E-state index in [4.69, 9.17) is 5.73 Å². The predicted molar refractivity (Wildman–Crippen MR) is 45.5 cm³/mol. The minimum Gasteiger partial charge on any atom is -0.353 e. The first-order valence-electron chi connectivity index (χ1n) is 3.29. The van der Waals surface area contributed by atoms with Gasteiger partial charge in [0.1, 0.15) is 0 Å². The van der Waals surface area contributed by atoms with Crippen LogP contribution < -0.4 is 22.5 Å². The summed E-state index contributed by atoms with van der Waals surface area (Å²) in [5.74, 6) is -0.367. The number of nitrogens with two attached hydrogens (primary N) is 1. The van der Waals surface area contributed by atoms with Gasteiger partial charge in [0.05, 0.1) is 12.7 Å². The summed E-state index contributed by atoms with van der Waals surface area (Å²) < 4.78 is 0. The van der Waals surface area contributed by atoms with E-state index >= 15 is 0 Å². The van der Waals surface area contributed by atoms with Gasteiger partial charge in [-0.3, -0.25) is 9.59 Å². The van der Waals surface area contributed by atoms with E-state index in [-0.39, 0.29) is 24.5 Å². The molecule has 12 heavy (non-hydrogen) atoms. The Balaban J connectivity index is 0. The molecule has 72 valence electrons. The molecule has 0 heterocycles. The van der Waals surface area contributed by atoms with E-state index in [0.717, 1.165) is 0 Å². The molecular formula is C6H16N4O2. The van der Waals surface area contributed by atoms with E-state index in [1.165, 1.54) is 13.8 Å². The lowest BCUT2D eigenvalue weighted by molar-refractivity contribution is -0.121. The standard InChI is InChI=1S/C6H13N3O2.H3N/c1-4(10)8-3-6(7)9-5(2)11;/h6H,3,7H2,1-2H3,(H,8,10)(H,9,11);1H3. The average Bonchev–Trinajstić information content (AvgIpc) is 1.82. The molecule has 0 aromatic rings. The smallest absolute Gasteiger partial charge is 0.218 e. The first kappa shape index (κ1) is 13.4. The fraction of sp³-hybridized carbons (Fsp3) is 0.667. The summed E-state index contributed by atoms with van der Waals surface area (Å²) >= 11 is 0. The van der Waals surface area contributed by atoms with Crippen molar-refractivity contribution in [2.75, 3.05) is 6.54 Å². The third-order valence-electron chi connectivity index (χ3n) is 0.960. The van der Waals surface area contributed by atoms with Crippen LogP contribution in [0.5, 0.6) is 0 Å². The monoisotopic (exact) mass is 176 g/mol. The zero-order chi connectivity index (χ0) is 8.85. The molecule has 0 rings (SSSR count). The van der Waals surface area contributed by atoms with E-state index in [0.29, 0.717) is 0 Å². The van der Waals surface area contributed by atoms with Gasteiger partial charge in [0.25, 0.3) is 0 Å². The van der Waals surface area contributed by atoms with Gasteiger partial charge in [-0.15, -0.1) is 0 Å². The van der Waals surface area contributed by atoms with Gasteiger partial charge in [-0.05, 0) is 0 Å². The summed E-state index contributed by atoms with van der Waals surface area (Å²) in [5.41, 5.74) is 5.38. The summed E-state index contributed by atoms with van der Waals surface area (Å²) in [6.07, 6.45) is -0.503. The van der Waals surface area contributed by atoms with Crippen LogP contribution in [0.1, 0.15) is 13.8 Å². The maximum absolute atomic E-state index is 10.4. The lowest BCUT2D eigenvalue weighted by Crippen LogP contribution is -2.48. The summed E-state index contributed by atoms with van der Waals surface area (Å²) in [6.45, 7) is 3.02. The van der Waals surface area contributed by atoms with Crippen molar-refractivity contribution in [2.45, 2.75) is 20.0 Å². The number of carbonyl (C=O) groups is 2. The van der Waals surface area contributed by atoms with Crippen molar-refractivity contribution in [3.05, 3.63) is 0 Å².